The van der Waals surface area contributed by atoms with Crippen LogP contribution >= 0.6 is 0 Å². The number of benzene rings is 9. The Kier molecular flexibility index (Phi) is 6.54. The molecule has 47 heavy (non-hydrogen) atoms. The molecule has 0 aliphatic heterocycles. The van der Waals surface area contributed by atoms with Gasteiger partial charge in [0, 0.05) is 16.8 Å². The molecule has 0 saturated carbocycles. The molecule has 0 bridgehead atoms. The van der Waals surface area contributed by atoms with E-state index in [0.29, 0.717) is 0 Å². The summed E-state index contributed by atoms with van der Waals surface area (Å²) in [6.07, 6.45) is 0. The zero-order valence-corrected chi connectivity index (χ0v) is 25.8. The molecule has 0 unspecified atom stereocenters. The zero-order chi connectivity index (χ0) is 31.2. The summed E-state index contributed by atoms with van der Waals surface area (Å²) >= 11 is 0. The van der Waals surface area contributed by atoms with E-state index in [2.05, 4.69) is 193 Å². The molecular formula is C46H31N. The van der Waals surface area contributed by atoms with Crippen LogP contribution in [0.5, 0.6) is 0 Å². The van der Waals surface area contributed by atoms with Gasteiger partial charge in [-0.2, -0.15) is 0 Å². The van der Waals surface area contributed by atoms with Gasteiger partial charge in [-0.25, -0.2) is 0 Å². The standard InChI is InChI=1S/C46H31N/c1-4-17-41-33(10-1)13-8-20-43(41)37-16-7-15-36(30-37)32-24-26-39(27-25-32)47(46-21-9-14-34-11-3-6-19-45(34)46)40-28-29-44-38(31-40)23-22-35-12-2-5-18-42(35)44/h1-31H. The predicted octanol–water partition coefficient (Wildman–Crippen LogP) is 13.1. The largest absolute Gasteiger partial charge is 0.310 e. The summed E-state index contributed by atoms with van der Waals surface area (Å²) in [7, 11) is 0. The van der Waals surface area contributed by atoms with Gasteiger partial charge < -0.3 is 4.90 Å². The first-order chi connectivity index (χ1) is 23.3. The molecule has 0 fully saturated rings. The lowest BCUT2D eigenvalue weighted by Gasteiger charge is -2.27. The van der Waals surface area contributed by atoms with Crippen molar-refractivity contribution in [1.29, 1.82) is 0 Å². The van der Waals surface area contributed by atoms with Crippen LogP contribution in [-0.2, 0) is 0 Å². The van der Waals surface area contributed by atoms with E-state index in [4.69, 9.17) is 0 Å². The number of hydrogen-bond donors (Lipinski definition) is 0. The van der Waals surface area contributed by atoms with E-state index in [0.717, 1.165) is 17.1 Å². The van der Waals surface area contributed by atoms with Crippen LogP contribution in [0.25, 0.3) is 65.3 Å². The Labute approximate surface area is 274 Å². The highest BCUT2D eigenvalue weighted by atomic mass is 15.1. The van der Waals surface area contributed by atoms with Crippen molar-refractivity contribution in [3.05, 3.63) is 188 Å². The van der Waals surface area contributed by atoms with Crippen molar-refractivity contribution in [1.82, 2.24) is 0 Å². The molecule has 0 spiro atoms. The van der Waals surface area contributed by atoms with Crippen molar-refractivity contribution in [3.63, 3.8) is 0 Å². The molecule has 0 amide bonds. The van der Waals surface area contributed by atoms with Crippen LogP contribution in [-0.4, -0.2) is 0 Å². The molecule has 9 rings (SSSR count). The van der Waals surface area contributed by atoms with E-state index in [9.17, 15) is 0 Å². The highest BCUT2D eigenvalue weighted by molar-refractivity contribution is 6.09. The quantitative estimate of drug-likeness (QED) is 0.178. The lowest BCUT2D eigenvalue weighted by atomic mass is 9.95. The minimum absolute atomic E-state index is 1.12. The average Bonchev–Trinajstić information content (AvgIpc) is 3.15. The molecule has 1 heteroatoms. The molecule has 0 aromatic heterocycles. The van der Waals surface area contributed by atoms with Crippen LogP contribution in [0.1, 0.15) is 0 Å². The molecule has 0 heterocycles. The van der Waals surface area contributed by atoms with Gasteiger partial charge in [0.2, 0.25) is 0 Å². The summed E-state index contributed by atoms with van der Waals surface area (Å²) in [4.78, 5) is 2.40. The summed E-state index contributed by atoms with van der Waals surface area (Å²) in [6.45, 7) is 0. The fraction of sp³-hybridized carbons (Fsp3) is 0. The maximum Gasteiger partial charge on any atom is 0.0540 e. The third kappa shape index (κ3) is 4.81. The second kappa shape index (κ2) is 11.3. The number of hydrogen-bond acceptors (Lipinski definition) is 1. The minimum atomic E-state index is 1.12. The van der Waals surface area contributed by atoms with Crippen LogP contribution in [0.2, 0.25) is 0 Å². The SMILES string of the molecule is c1cc(-c2ccc(N(c3ccc4c(ccc5ccccc54)c3)c3cccc4ccccc34)cc2)cc(-c2cccc3ccccc23)c1. The smallest absolute Gasteiger partial charge is 0.0540 e. The van der Waals surface area contributed by atoms with Crippen molar-refractivity contribution < 1.29 is 0 Å². The number of anilines is 3. The van der Waals surface area contributed by atoms with E-state index < -0.39 is 0 Å². The minimum Gasteiger partial charge on any atom is -0.310 e. The normalized spacial score (nSPS) is 11.4. The number of nitrogens with zero attached hydrogens (tertiary/aromatic N) is 1. The number of rotatable bonds is 5. The van der Waals surface area contributed by atoms with E-state index in [1.54, 1.807) is 0 Å². The maximum atomic E-state index is 2.40. The van der Waals surface area contributed by atoms with Gasteiger partial charge in [0.25, 0.3) is 0 Å². The van der Waals surface area contributed by atoms with Crippen molar-refractivity contribution in [2.75, 3.05) is 4.90 Å². The zero-order valence-electron chi connectivity index (χ0n) is 25.8. The van der Waals surface area contributed by atoms with Crippen LogP contribution in [0.4, 0.5) is 17.1 Å². The van der Waals surface area contributed by atoms with Gasteiger partial charge in [-0.15, -0.1) is 0 Å². The van der Waals surface area contributed by atoms with E-state index in [1.165, 1.54) is 65.3 Å². The van der Waals surface area contributed by atoms with Crippen LogP contribution in [0, 0.1) is 0 Å². The first-order valence-electron chi connectivity index (χ1n) is 16.2. The Morgan fingerprint density at radius 3 is 1.64 bits per heavy atom. The van der Waals surface area contributed by atoms with Crippen molar-refractivity contribution in [2.24, 2.45) is 0 Å². The monoisotopic (exact) mass is 597 g/mol. The highest BCUT2D eigenvalue weighted by Gasteiger charge is 2.17. The summed E-state index contributed by atoms with van der Waals surface area (Å²) in [6, 6.07) is 68.3. The Morgan fingerprint density at radius 1 is 0.277 bits per heavy atom. The third-order valence-electron chi connectivity index (χ3n) is 9.42. The molecule has 220 valence electrons. The Bertz CT molecular complexity index is 2570. The van der Waals surface area contributed by atoms with Gasteiger partial charge >= 0.3 is 0 Å². The first-order valence-corrected chi connectivity index (χ1v) is 16.2. The highest BCUT2D eigenvalue weighted by Crippen LogP contribution is 2.41. The number of fused-ring (bicyclic) bond motifs is 5. The molecule has 1 nitrogen and oxygen atoms in total. The fourth-order valence-corrected chi connectivity index (χ4v) is 7.12. The maximum absolute atomic E-state index is 2.40. The van der Waals surface area contributed by atoms with Crippen molar-refractivity contribution in [3.8, 4) is 22.3 Å². The predicted molar refractivity (Wildman–Crippen MR) is 202 cm³/mol. The average molecular weight is 598 g/mol. The van der Waals surface area contributed by atoms with Crippen LogP contribution in [0.15, 0.2) is 188 Å². The van der Waals surface area contributed by atoms with E-state index >= 15 is 0 Å². The molecule has 9 aromatic carbocycles. The summed E-state index contributed by atoms with van der Waals surface area (Å²) in [5, 5.41) is 10.0. The fourth-order valence-electron chi connectivity index (χ4n) is 7.12. The van der Waals surface area contributed by atoms with Crippen LogP contribution < -0.4 is 4.90 Å². The second-order valence-corrected chi connectivity index (χ2v) is 12.2. The van der Waals surface area contributed by atoms with Gasteiger partial charge in [-0.1, -0.05) is 152 Å². The van der Waals surface area contributed by atoms with Gasteiger partial charge in [-0.05, 0) is 96.4 Å². The molecule has 0 radical (unpaired) electrons. The molecular weight excluding hydrogens is 567 g/mol. The molecule has 0 saturated heterocycles. The first kappa shape index (κ1) is 27.2. The van der Waals surface area contributed by atoms with Crippen molar-refractivity contribution in [2.45, 2.75) is 0 Å². The van der Waals surface area contributed by atoms with Gasteiger partial charge in [-0.3, -0.25) is 0 Å². The Hall–Kier alpha value is -6.18. The molecule has 0 atom stereocenters. The second-order valence-electron chi connectivity index (χ2n) is 12.2. The van der Waals surface area contributed by atoms with Gasteiger partial charge in [0.05, 0.1) is 5.69 Å². The van der Waals surface area contributed by atoms with Gasteiger partial charge in [0.1, 0.15) is 0 Å². The molecule has 0 aliphatic carbocycles. The summed E-state index contributed by atoms with van der Waals surface area (Å²) < 4.78 is 0. The summed E-state index contributed by atoms with van der Waals surface area (Å²) in [5.41, 5.74) is 8.30. The molecule has 9 aromatic rings. The topological polar surface area (TPSA) is 3.24 Å². The lowest BCUT2D eigenvalue weighted by Crippen LogP contribution is -2.10. The van der Waals surface area contributed by atoms with Gasteiger partial charge in [0.15, 0.2) is 0 Å². The molecule has 0 N–H and O–H groups in total. The third-order valence-corrected chi connectivity index (χ3v) is 9.42. The summed E-state index contributed by atoms with van der Waals surface area (Å²) in [5.74, 6) is 0. The van der Waals surface area contributed by atoms with Crippen molar-refractivity contribution >= 4 is 60.2 Å². The molecule has 0 aliphatic rings. The van der Waals surface area contributed by atoms with E-state index in [-0.39, 0.29) is 0 Å². The van der Waals surface area contributed by atoms with Crippen LogP contribution in [0.3, 0.4) is 0 Å². The Morgan fingerprint density at radius 2 is 0.830 bits per heavy atom. The Balaban J connectivity index is 1.16. The van der Waals surface area contributed by atoms with E-state index in [1.807, 2.05) is 0 Å². The lowest BCUT2D eigenvalue weighted by molar-refractivity contribution is 1.30.